The smallest absolute Gasteiger partial charge is 0.409 e. The van der Waals surface area contributed by atoms with Crippen LogP contribution in [0.15, 0.2) is 48.5 Å². The van der Waals surface area contributed by atoms with Gasteiger partial charge in [0.05, 0.1) is 0 Å². The van der Waals surface area contributed by atoms with E-state index in [2.05, 4.69) is 24.3 Å². The molecule has 5 heteroatoms. The topological polar surface area (TPSA) is 66.8 Å². The Bertz CT molecular complexity index is 910. The zero-order valence-corrected chi connectivity index (χ0v) is 16.3. The van der Waals surface area contributed by atoms with E-state index in [0.717, 1.165) is 12.8 Å². The Morgan fingerprint density at radius 1 is 0.966 bits per heavy atom. The molecule has 1 saturated heterocycles. The Kier molecular flexibility index (Phi) is 4.53. The Balaban J connectivity index is 1.27. The highest BCUT2D eigenvalue weighted by molar-refractivity contribution is 5.79. The molecule has 2 aliphatic carbocycles. The zero-order valence-electron chi connectivity index (χ0n) is 16.3. The summed E-state index contributed by atoms with van der Waals surface area (Å²) in [6, 6.07) is 16.6. The molecule has 2 aromatic rings. The average Bonchev–Trinajstić information content (AvgIpc) is 3.19. The van der Waals surface area contributed by atoms with E-state index in [1.807, 2.05) is 24.3 Å². The summed E-state index contributed by atoms with van der Waals surface area (Å²) in [5.41, 5.74) is 4.86. The molecule has 0 aromatic heterocycles. The Hall–Kier alpha value is -2.82. The van der Waals surface area contributed by atoms with Crippen molar-refractivity contribution in [2.75, 3.05) is 19.7 Å². The number of carboxylic acids is 1. The van der Waals surface area contributed by atoms with E-state index in [9.17, 15) is 9.59 Å². The van der Waals surface area contributed by atoms with Crippen LogP contribution in [0.5, 0.6) is 0 Å². The molecule has 2 fully saturated rings. The third-order valence-electron chi connectivity index (χ3n) is 6.90. The van der Waals surface area contributed by atoms with Gasteiger partial charge in [0, 0.05) is 25.4 Å². The first kappa shape index (κ1) is 18.2. The van der Waals surface area contributed by atoms with Gasteiger partial charge in [-0.2, -0.15) is 0 Å². The van der Waals surface area contributed by atoms with Gasteiger partial charge in [-0.25, -0.2) is 4.79 Å². The number of aliphatic carboxylic acids is 1. The van der Waals surface area contributed by atoms with Crippen LogP contribution in [0.3, 0.4) is 0 Å². The van der Waals surface area contributed by atoms with Crippen LogP contribution < -0.4 is 0 Å². The van der Waals surface area contributed by atoms with Crippen LogP contribution in [0.4, 0.5) is 4.79 Å². The van der Waals surface area contributed by atoms with Crippen LogP contribution in [0.2, 0.25) is 0 Å². The average molecular weight is 391 g/mol. The van der Waals surface area contributed by atoms with Crippen molar-refractivity contribution < 1.29 is 19.4 Å². The molecule has 0 spiro atoms. The molecule has 1 N–H and O–H groups in total. The maximum Gasteiger partial charge on any atom is 0.409 e. The van der Waals surface area contributed by atoms with Crippen molar-refractivity contribution >= 4 is 12.1 Å². The molecule has 1 amide bonds. The van der Waals surface area contributed by atoms with Crippen LogP contribution in [-0.2, 0) is 9.53 Å². The lowest BCUT2D eigenvalue weighted by Gasteiger charge is -2.32. The van der Waals surface area contributed by atoms with Crippen molar-refractivity contribution in [3.05, 3.63) is 59.7 Å². The molecular weight excluding hydrogens is 366 g/mol. The van der Waals surface area contributed by atoms with Crippen molar-refractivity contribution in [2.45, 2.75) is 25.2 Å². The number of hydrogen-bond acceptors (Lipinski definition) is 3. The molecule has 3 atom stereocenters. The molecule has 0 radical (unpaired) electrons. The first-order valence-electron chi connectivity index (χ1n) is 10.4. The van der Waals surface area contributed by atoms with Crippen molar-refractivity contribution in [1.29, 1.82) is 0 Å². The van der Waals surface area contributed by atoms with Gasteiger partial charge in [-0.1, -0.05) is 48.5 Å². The van der Waals surface area contributed by atoms with Gasteiger partial charge in [0.1, 0.15) is 6.61 Å². The highest BCUT2D eigenvalue weighted by Crippen LogP contribution is 2.45. The van der Waals surface area contributed by atoms with Gasteiger partial charge in [-0.3, -0.25) is 4.79 Å². The minimum Gasteiger partial charge on any atom is -0.481 e. The van der Waals surface area contributed by atoms with E-state index < -0.39 is 5.97 Å². The maximum absolute atomic E-state index is 12.8. The minimum atomic E-state index is -0.741. The number of rotatable bonds is 4. The number of carbonyl (C=O) groups is 2. The first-order valence-corrected chi connectivity index (χ1v) is 10.4. The molecule has 150 valence electrons. The number of hydrogen-bond donors (Lipinski definition) is 1. The Labute approximate surface area is 170 Å². The summed E-state index contributed by atoms with van der Waals surface area (Å²) in [7, 11) is 0. The predicted molar refractivity (Wildman–Crippen MR) is 109 cm³/mol. The number of nitrogens with zero attached hydrogens (tertiary/aromatic N) is 1. The van der Waals surface area contributed by atoms with Gasteiger partial charge in [0.2, 0.25) is 0 Å². The van der Waals surface area contributed by atoms with E-state index >= 15 is 0 Å². The molecule has 1 heterocycles. The summed E-state index contributed by atoms with van der Waals surface area (Å²) in [5.74, 6) is 0.190. The van der Waals surface area contributed by atoms with E-state index in [4.69, 9.17) is 9.84 Å². The lowest BCUT2D eigenvalue weighted by atomic mass is 9.92. The molecule has 2 bridgehead atoms. The number of amides is 1. The van der Waals surface area contributed by atoms with Gasteiger partial charge < -0.3 is 14.7 Å². The SMILES string of the molecule is O=C(O)C[C@@H]1C[C@H]2C[C@@H]1CN(C(=O)OCC1c3ccccc3-c3ccccc31)C2. The molecule has 0 unspecified atom stereocenters. The molecule has 3 aliphatic rings. The summed E-state index contributed by atoms with van der Waals surface area (Å²) in [5, 5.41) is 9.13. The summed E-state index contributed by atoms with van der Waals surface area (Å²) in [6.07, 6.45) is 1.88. The van der Waals surface area contributed by atoms with E-state index in [1.165, 1.54) is 22.3 Å². The number of fused-ring (bicyclic) bond motifs is 5. The first-order chi connectivity index (χ1) is 14.1. The van der Waals surface area contributed by atoms with E-state index in [0.29, 0.717) is 25.6 Å². The van der Waals surface area contributed by atoms with Gasteiger partial charge >= 0.3 is 12.1 Å². The molecule has 2 aromatic carbocycles. The summed E-state index contributed by atoms with van der Waals surface area (Å²) < 4.78 is 5.79. The second kappa shape index (κ2) is 7.21. The molecule has 5 rings (SSSR count). The van der Waals surface area contributed by atoms with Gasteiger partial charge in [-0.15, -0.1) is 0 Å². The van der Waals surface area contributed by atoms with Crippen LogP contribution >= 0.6 is 0 Å². The van der Waals surface area contributed by atoms with Gasteiger partial charge in [0.25, 0.3) is 0 Å². The van der Waals surface area contributed by atoms with Crippen LogP contribution in [0.25, 0.3) is 11.1 Å². The number of benzene rings is 2. The number of likely N-dealkylation sites (tertiary alicyclic amines) is 1. The summed E-state index contributed by atoms with van der Waals surface area (Å²) >= 11 is 0. The number of piperidine rings is 1. The van der Waals surface area contributed by atoms with Crippen LogP contribution in [0.1, 0.15) is 36.3 Å². The van der Waals surface area contributed by atoms with Crippen molar-refractivity contribution in [2.24, 2.45) is 17.8 Å². The monoisotopic (exact) mass is 391 g/mol. The highest BCUT2D eigenvalue weighted by Gasteiger charge is 2.42. The molecule has 1 aliphatic heterocycles. The van der Waals surface area contributed by atoms with Gasteiger partial charge in [0.15, 0.2) is 0 Å². The normalized spacial score (nSPS) is 24.8. The predicted octanol–water partition coefficient (Wildman–Crippen LogP) is 4.37. The second-order valence-corrected chi connectivity index (χ2v) is 8.66. The standard InChI is InChI=1S/C24H25NO4/c26-23(27)11-16-9-15-10-17(16)13-25(12-15)24(28)29-14-22-20-7-3-1-5-18(20)19-6-2-4-8-21(19)22/h1-8,15-17,22H,9-14H2,(H,26,27)/t15-,16-,17+/m0/s1. The minimum absolute atomic E-state index is 0.0626. The van der Waals surface area contributed by atoms with Crippen molar-refractivity contribution in [1.82, 2.24) is 4.90 Å². The van der Waals surface area contributed by atoms with Crippen molar-refractivity contribution in [3.63, 3.8) is 0 Å². The fraction of sp³-hybridized carbons (Fsp3) is 0.417. The zero-order chi connectivity index (χ0) is 20.0. The van der Waals surface area contributed by atoms with E-state index in [1.54, 1.807) is 4.90 Å². The lowest BCUT2D eigenvalue weighted by molar-refractivity contribution is -0.138. The summed E-state index contributed by atoms with van der Waals surface area (Å²) in [4.78, 5) is 25.7. The highest BCUT2D eigenvalue weighted by atomic mass is 16.6. The Morgan fingerprint density at radius 3 is 2.28 bits per heavy atom. The van der Waals surface area contributed by atoms with E-state index in [-0.39, 0.29) is 30.3 Å². The van der Waals surface area contributed by atoms with Crippen molar-refractivity contribution in [3.8, 4) is 11.1 Å². The quantitative estimate of drug-likeness (QED) is 0.841. The van der Waals surface area contributed by atoms with Crippen LogP contribution in [-0.4, -0.2) is 41.8 Å². The van der Waals surface area contributed by atoms with Crippen LogP contribution in [0, 0.1) is 17.8 Å². The second-order valence-electron chi connectivity index (χ2n) is 8.66. The number of carbonyl (C=O) groups excluding carboxylic acids is 1. The van der Waals surface area contributed by atoms with Gasteiger partial charge in [-0.05, 0) is 52.8 Å². The molecule has 5 nitrogen and oxygen atoms in total. The fourth-order valence-electron chi connectivity index (χ4n) is 5.69. The largest absolute Gasteiger partial charge is 0.481 e. The third-order valence-corrected chi connectivity index (χ3v) is 6.90. The number of carboxylic acid groups (broad SMARTS) is 1. The molecule has 1 saturated carbocycles. The number of ether oxygens (including phenoxy) is 1. The summed E-state index contributed by atoms with van der Waals surface area (Å²) in [6.45, 7) is 1.63. The Morgan fingerprint density at radius 2 is 1.62 bits per heavy atom. The molecule has 29 heavy (non-hydrogen) atoms. The third kappa shape index (κ3) is 3.28. The lowest BCUT2D eigenvalue weighted by Crippen LogP contribution is -2.42. The maximum atomic E-state index is 12.8. The molecular formula is C24H25NO4. The fourth-order valence-corrected chi connectivity index (χ4v) is 5.69.